The maximum absolute atomic E-state index is 13.0. The van der Waals surface area contributed by atoms with Crippen LogP contribution in [0.1, 0.15) is 30.0 Å². The van der Waals surface area contributed by atoms with E-state index in [2.05, 4.69) is 36.0 Å². The molecule has 2 atom stereocenters. The van der Waals surface area contributed by atoms with Crippen molar-refractivity contribution < 1.29 is 4.79 Å². The van der Waals surface area contributed by atoms with E-state index in [0.717, 1.165) is 38.2 Å². The van der Waals surface area contributed by atoms with Gasteiger partial charge in [0.1, 0.15) is 0 Å². The molecular formula is C23H25N3O2. The summed E-state index contributed by atoms with van der Waals surface area (Å²) in [5.74, 6) is 0.894. The van der Waals surface area contributed by atoms with Gasteiger partial charge >= 0.3 is 0 Å². The average molecular weight is 375 g/mol. The third-order valence-electron chi connectivity index (χ3n) is 6.42. The number of fused-ring (bicyclic) bond motifs is 5. The van der Waals surface area contributed by atoms with Gasteiger partial charge in [-0.25, -0.2) is 0 Å². The van der Waals surface area contributed by atoms with Gasteiger partial charge in [0.05, 0.1) is 0 Å². The number of carbonyl (C=O) groups is 1. The fourth-order valence-electron chi connectivity index (χ4n) is 5.12. The highest BCUT2D eigenvalue weighted by molar-refractivity contribution is 5.85. The van der Waals surface area contributed by atoms with E-state index in [9.17, 15) is 9.59 Å². The zero-order chi connectivity index (χ0) is 19.3. The van der Waals surface area contributed by atoms with Crippen LogP contribution < -0.4 is 5.56 Å². The second-order valence-corrected chi connectivity index (χ2v) is 8.28. The fraction of sp³-hybridized carbons (Fsp3) is 0.391. The molecule has 1 fully saturated rings. The molecule has 144 valence electrons. The quantitative estimate of drug-likeness (QED) is 0.707. The molecular weight excluding hydrogens is 350 g/mol. The van der Waals surface area contributed by atoms with E-state index in [4.69, 9.17) is 0 Å². The lowest BCUT2D eigenvalue weighted by atomic mass is 9.83. The molecule has 5 rings (SSSR count). The summed E-state index contributed by atoms with van der Waals surface area (Å²) in [6.45, 7) is 2.23. The number of aromatic nitrogens is 2. The zero-order valence-electron chi connectivity index (χ0n) is 16.2. The van der Waals surface area contributed by atoms with Gasteiger partial charge in [-0.3, -0.25) is 9.59 Å². The molecule has 2 aliphatic heterocycles. The monoisotopic (exact) mass is 375 g/mol. The molecule has 1 saturated heterocycles. The van der Waals surface area contributed by atoms with Crippen LogP contribution in [0, 0.1) is 5.92 Å². The first-order chi connectivity index (χ1) is 13.6. The molecule has 2 aromatic heterocycles. The Kier molecular flexibility index (Phi) is 4.11. The molecule has 0 radical (unpaired) electrons. The number of para-hydroxylation sites is 1. The van der Waals surface area contributed by atoms with Gasteiger partial charge in [-0.05, 0) is 36.5 Å². The van der Waals surface area contributed by atoms with Crippen molar-refractivity contribution in [1.82, 2.24) is 14.0 Å². The van der Waals surface area contributed by atoms with E-state index in [0.29, 0.717) is 12.3 Å². The number of benzene rings is 1. The molecule has 28 heavy (non-hydrogen) atoms. The molecule has 0 unspecified atom stereocenters. The van der Waals surface area contributed by atoms with Gasteiger partial charge in [-0.1, -0.05) is 24.3 Å². The van der Waals surface area contributed by atoms with Gasteiger partial charge < -0.3 is 14.0 Å². The largest absolute Gasteiger partial charge is 0.350 e. The Bertz CT molecular complexity index is 1110. The number of hydrogen-bond donors (Lipinski definition) is 0. The van der Waals surface area contributed by atoms with Crippen molar-refractivity contribution in [2.75, 3.05) is 13.1 Å². The van der Waals surface area contributed by atoms with Crippen molar-refractivity contribution in [2.45, 2.75) is 31.7 Å². The van der Waals surface area contributed by atoms with Crippen molar-refractivity contribution in [2.24, 2.45) is 13.0 Å². The Labute approximate surface area is 164 Å². The van der Waals surface area contributed by atoms with Crippen molar-refractivity contribution in [3.63, 3.8) is 0 Å². The highest BCUT2D eigenvalue weighted by Gasteiger charge is 2.35. The van der Waals surface area contributed by atoms with Crippen LogP contribution in [0.15, 0.2) is 53.5 Å². The smallest absolute Gasteiger partial charge is 0.250 e. The predicted molar refractivity (Wildman–Crippen MR) is 109 cm³/mol. The topological polar surface area (TPSA) is 47.2 Å². The molecule has 0 aliphatic carbocycles. The summed E-state index contributed by atoms with van der Waals surface area (Å²) < 4.78 is 4.05. The molecule has 0 spiro atoms. The number of rotatable bonds is 3. The molecule has 5 nitrogen and oxygen atoms in total. The Hall–Kier alpha value is -2.82. The van der Waals surface area contributed by atoms with E-state index in [1.807, 2.05) is 27.7 Å². The Morgan fingerprint density at radius 3 is 2.82 bits per heavy atom. The second-order valence-electron chi connectivity index (χ2n) is 8.28. The van der Waals surface area contributed by atoms with E-state index in [1.54, 1.807) is 6.07 Å². The number of likely N-dealkylation sites (tertiary alicyclic amines) is 1. The van der Waals surface area contributed by atoms with E-state index >= 15 is 0 Å². The van der Waals surface area contributed by atoms with Crippen molar-refractivity contribution in [3.05, 3.63) is 70.3 Å². The van der Waals surface area contributed by atoms with Crippen molar-refractivity contribution in [1.29, 1.82) is 0 Å². The lowest BCUT2D eigenvalue weighted by Crippen LogP contribution is -2.49. The summed E-state index contributed by atoms with van der Waals surface area (Å²) in [6.07, 6.45) is 4.53. The van der Waals surface area contributed by atoms with E-state index in [-0.39, 0.29) is 17.4 Å². The van der Waals surface area contributed by atoms with Crippen molar-refractivity contribution >= 4 is 16.8 Å². The highest BCUT2D eigenvalue weighted by atomic mass is 16.2. The molecule has 5 heteroatoms. The number of pyridine rings is 1. The summed E-state index contributed by atoms with van der Waals surface area (Å²) in [6, 6.07) is 13.9. The minimum absolute atomic E-state index is 0.0860. The van der Waals surface area contributed by atoms with Crippen LogP contribution in [-0.2, 0) is 24.8 Å². The lowest BCUT2D eigenvalue weighted by molar-refractivity contribution is -0.133. The summed E-state index contributed by atoms with van der Waals surface area (Å²) in [7, 11) is 2.05. The summed E-state index contributed by atoms with van der Waals surface area (Å²) in [5.41, 5.74) is 3.62. The van der Waals surface area contributed by atoms with Crippen LogP contribution in [0.25, 0.3) is 10.9 Å². The Balaban J connectivity index is 1.31. The fourth-order valence-corrected chi connectivity index (χ4v) is 5.12. The number of amides is 1. The van der Waals surface area contributed by atoms with Crippen LogP contribution >= 0.6 is 0 Å². The summed E-state index contributed by atoms with van der Waals surface area (Å²) in [5, 5.41) is 1.24. The van der Waals surface area contributed by atoms with Crippen LogP contribution in [0.5, 0.6) is 0 Å². The number of hydrogen-bond acceptors (Lipinski definition) is 2. The van der Waals surface area contributed by atoms with Crippen LogP contribution in [0.4, 0.5) is 0 Å². The first-order valence-corrected chi connectivity index (χ1v) is 10.1. The third-order valence-corrected chi connectivity index (χ3v) is 6.42. The molecule has 2 bridgehead atoms. The molecule has 2 aliphatic rings. The molecule has 0 saturated carbocycles. The van der Waals surface area contributed by atoms with Crippen LogP contribution in [-0.4, -0.2) is 33.0 Å². The van der Waals surface area contributed by atoms with Crippen molar-refractivity contribution in [3.8, 4) is 0 Å². The maximum Gasteiger partial charge on any atom is 0.250 e. The van der Waals surface area contributed by atoms with E-state index in [1.165, 1.54) is 16.5 Å². The van der Waals surface area contributed by atoms with E-state index < -0.39 is 0 Å². The first kappa shape index (κ1) is 17.3. The van der Waals surface area contributed by atoms with Gasteiger partial charge in [0.2, 0.25) is 5.91 Å². The molecule has 0 N–H and O–H groups in total. The summed E-state index contributed by atoms with van der Waals surface area (Å²) >= 11 is 0. The van der Waals surface area contributed by atoms with Crippen LogP contribution in [0.2, 0.25) is 0 Å². The molecule has 4 heterocycles. The van der Waals surface area contributed by atoms with Gasteiger partial charge in [0.15, 0.2) is 0 Å². The van der Waals surface area contributed by atoms with Gasteiger partial charge in [-0.2, -0.15) is 0 Å². The number of carbonyl (C=O) groups excluding carboxylic acids is 1. The average Bonchev–Trinajstić information content (AvgIpc) is 3.03. The minimum atomic E-state index is 0.0860. The van der Waals surface area contributed by atoms with Gasteiger partial charge in [-0.15, -0.1) is 0 Å². The SMILES string of the molecule is Cn1cc(CCC(=O)N2C[C@H]3C[C@@H](C2)c2cccc(=O)n2C3)c2ccccc21. The molecule has 3 aromatic rings. The molecule has 1 amide bonds. The lowest BCUT2D eigenvalue weighted by Gasteiger charge is -2.42. The Morgan fingerprint density at radius 2 is 1.93 bits per heavy atom. The summed E-state index contributed by atoms with van der Waals surface area (Å²) in [4.78, 5) is 27.2. The maximum atomic E-state index is 13.0. The number of piperidine rings is 1. The number of aryl methyl sites for hydroxylation is 2. The highest BCUT2D eigenvalue weighted by Crippen LogP contribution is 2.35. The normalized spacial score (nSPS) is 21.0. The zero-order valence-corrected chi connectivity index (χ0v) is 16.2. The number of nitrogens with zero attached hydrogens (tertiary/aromatic N) is 3. The van der Waals surface area contributed by atoms with Gasteiger partial charge in [0.25, 0.3) is 5.56 Å². The molecule has 1 aromatic carbocycles. The standard InChI is InChI=1S/C23H25N3O2/c1-24-14-17(19-5-2-3-6-21(19)24)9-10-22(27)25-12-16-11-18(15-25)20-7-4-8-23(28)26(20)13-16/h2-8,14,16,18H,9-13,15H2,1H3/t16-,18+/m1/s1. The Morgan fingerprint density at radius 1 is 1.07 bits per heavy atom. The van der Waals surface area contributed by atoms with Crippen LogP contribution in [0.3, 0.4) is 0 Å². The second kappa shape index (κ2) is 6.66. The predicted octanol–water partition coefficient (Wildman–Crippen LogP) is 2.92. The van der Waals surface area contributed by atoms with Gasteiger partial charge in [0, 0.05) is 67.9 Å². The third kappa shape index (κ3) is 2.86. The minimum Gasteiger partial charge on any atom is -0.350 e. The first-order valence-electron chi connectivity index (χ1n) is 10.1.